The van der Waals surface area contributed by atoms with Gasteiger partial charge in [0.25, 0.3) is 0 Å². The van der Waals surface area contributed by atoms with E-state index in [1.807, 2.05) is 6.07 Å². The van der Waals surface area contributed by atoms with Crippen LogP contribution < -0.4 is 0 Å². The standard InChI is InChI=1S/C14H16Br2OS2/c1-2-3-4-5-6-7-10(17)11-8-9-12(18-11)14(16)19-13(9)15/h8H,2-7H2,1H3. The zero-order chi connectivity index (χ0) is 13.8. The van der Waals surface area contributed by atoms with Gasteiger partial charge < -0.3 is 0 Å². The molecule has 0 saturated carbocycles. The van der Waals surface area contributed by atoms with Crippen molar-refractivity contribution in [2.75, 3.05) is 0 Å². The Kier molecular flexibility index (Phi) is 6.06. The molecule has 2 rings (SSSR count). The van der Waals surface area contributed by atoms with Gasteiger partial charge in [0.2, 0.25) is 0 Å². The van der Waals surface area contributed by atoms with Gasteiger partial charge in [0, 0.05) is 11.8 Å². The molecule has 0 aliphatic carbocycles. The fraction of sp³-hybridized carbons (Fsp3) is 0.500. The van der Waals surface area contributed by atoms with Gasteiger partial charge in [-0.3, -0.25) is 4.79 Å². The lowest BCUT2D eigenvalue weighted by Crippen LogP contribution is -1.95. The highest BCUT2D eigenvalue weighted by atomic mass is 79.9. The van der Waals surface area contributed by atoms with Crippen molar-refractivity contribution >= 4 is 70.4 Å². The molecule has 1 nitrogen and oxygen atoms in total. The van der Waals surface area contributed by atoms with Gasteiger partial charge in [0.05, 0.1) is 17.1 Å². The van der Waals surface area contributed by atoms with Crippen LogP contribution in [0.15, 0.2) is 13.6 Å². The third kappa shape index (κ3) is 3.90. The van der Waals surface area contributed by atoms with Crippen LogP contribution in [0.2, 0.25) is 0 Å². The van der Waals surface area contributed by atoms with Crippen molar-refractivity contribution in [2.24, 2.45) is 0 Å². The molecule has 0 fully saturated rings. The maximum absolute atomic E-state index is 12.2. The maximum Gasteiger partial charge on any atom is 0.172 e. The van der Waals surface area contributed by atoms with E-state index in [0.29, 0.717) is 12.2 Å². The van der Waals surface area contributed by atoms with Crippen LogP contribution in [0.3, 0.4) is 0 Å². The molecular formula is C14H16Br2OS2. The van der Waals surface area contributed by atoms with Crippen LogP contribution in [0.5, 0.6) is 0 Å². The first kappa shape index (κ1) is 15.7. The minimum atomic E-state index is 0.293. The van der Waals surface area contributed by atoms with Gasteiger partial charge in [-0.15, -0.1) is 22.7 Å². The summed E-state index contributed by atoms with van der Waals surface area (Å²) in [6, 6.07) is 2.03. The molecule has 0 amide bonds. The summed E-state index contributed by atoms with van der Waals surface area (Å²) in [4.78, 5) is 13.0. The Balaban J connectivity index is 1.96. The molecule has 0 radical (unpaired) electrons. The predicted molar refractivity (Wildman–Crippen MR) is 92.8 cm³/mol. The van der Waals surface area contributed by atoms with Gasteiger partial charge in [0.1, 0.15) is 0 Å². The van der Waals surface area contributed by atoms with E-state index in [1.165, 1.54) is 30.4 Å². The molecule has 0 N–H and O–H groups in total. The summed E-state index contributed by atoms with van der Waals surface area (Å²) < 4.78 is 3.40. The first-order chi connectivity index (χ1) is 9.13. The van der Waals surface area contributed by atoms with Crippen molar-refractivity contribution in [1.29, 1.82) is 0 Å². The zero-order valence-corrected chi connectivity index (χ0v) is 15.6. The van der Waals surface area contributed by atoms with E-state index in [-0.39, 0.29) is 0 Å². The van der Waals surface area contributed by atoms with Crippen LogP contribution in [-0.2, 0) is 0 Å². The predicted octanol–water partition coefficient (Wildman–Crippen LogP) is 7.03. The van der Waals surface area contributed by atoms with E-state index < -0.39 is 0 Å². The number of hydrogen-bond acceptors (Lipinski definition) is 3. The van der Waals surface area contributed by atoms with Crippen molar-refractivity contribution in [2.45, 2.75) is 45.4 Å². The Bertz CT molecular complexity index is 537. The molecule has 2 aromatic heterocycles. The molecule has 2 heterocycles. The minimum absolute atomic E-state index is 0.293. The molecule has 19 heavy (non-hydrogen) atoms. The van der Waals surface area contributed by atoms with Crippen LogP contribution in [0.25, 0.3) is 10.1 Å². The van der Waals surface area contributed by atoms with Gasteiger partial charge in [-0.05, 0) is 44.3 Å². The van der Waals surface area contributed by atoms with Crippen LogP contribution >= 0.6 is 54.5 Å². The molecule has 2 aromatic rings. The Morgan fingerprint density at radius 2 is 1.84 bits per heavy atom. The second-order valence-corrected chi connectivity index (χ2v) is 9.30. The van der Waals surface area contributed by atoms with Crippen molar-refractivity contribution in [1.82, 2.24) is 0 Å². The van der Waals surface area contributed by atoms with Crippen molar-refractivity contribution in [3.05, 3.63) is 18.5 Å². The second-order valence-electron chi connectivity index (χ2n) is 4.59. The topological polar surface area (TPSA) is 17.1 Å². The highest BCUT2D eigenvalue weighted by Gasteiger charge is 2.15. The third-order valence-electron chi connectivity index (χ3n) is 3.08. The molecule has 0 bridgehead atoms. The Morgan fingerprint density at radius 1 is 1.11 bits per heavy atom. The average Bonchev–Trinajstić information content (AvgIpc) is 2.92. The van der Waals surface area contributed by atoms with Gasteiger partial charge >= 0.3 is 0 Å². The number of carbonyl (C=O) groups excluding carboxylic acids is 1. The molecule has 104 valence electrons. The van der Waals surface area contributed by atoms with Crippen LogP contribution in [0.4, 0.5) is 0 Å². The van der Waals surface area contributed by atoms with Crippen molar-refractivity contribution in [3.63, 3.8) is 0 Å². The molecule has 0 aliphatic rings. The average molecular weight is 424 g/mol. The third-order valence-corrected chi connectivity index (χ3v) is 7.25. The number of thiophene rings is 2. The highest BCUT2D eigenvalue weighted by Crippen LogP contribution is 2.43. The quantitative estimate of drug-likeness (QED) is 0.345. The fourth-order valence-corrected chi connectivity index (χ4v) is 6.45. The molecule has 0 aliphatic heterocycles. The van der Waals surface area contributed by atoms with E-state index in [1.54, 1.807) is 22.7 Å². The Morgan fingerprint density at radius 3 is 2.53 bits per heavy atom. The van der Waals surface area contributed by atoms with E-state index >= 15 is 0 Å². The SMILES string of the molecule is CCCCCCCC(=O)c1cc2c(Br)sc(Br)c2s1. The van der Waals surface area contributed by atoms with Crippen molar-refractivity contribution in [3.8, 4) is 0 Å². The number of Topliss-reactive ketones (excluding diaryl/α,β-unsaturated/α-hetero) is 1. The summed E-state index contributed by atoms with van der Waals surface area (Å²) in [7, 11) is 0. The molecular weight excluding hydrogens is 408 g/mol. The van der Waals surface area contributed by atoms with E-state index in [4.69, 9.17) is 0 Å². The van der Waals surface area contributed by atoms with E-state index in [2.05, 4.69) is 38.8 Å². The number of fused-ring (bicyclic) bond motifs is 1. The lowest BCUT2D eigenvalue weighted by atomic mass is 10.1. The highest BCUT2D eigenvalue weighted by molar-refractivity contribution is 9.12. The smallest absolute Gasteiger partial charge is 0.172 e. The summed E-state index contributed by atoms with van der Waals surface area (Å²) in [5.74, 6) is 0.293. The normalized spacial score (nSPS) is 11.3. The number of unbranched alkanes of at least 4 members (excludes halogenated alkanes) is 4. The Labute approximate surface area is 138 Å². The fourth-order valence-electron chi connectivity index (χ4n) is 2.01. The van der Waals surface area contributed by atoms with Gasteiger partial charge in [-0.25, -0.2) is 0 Å². The first-order valence-corrected chi connectivity index (χ1v) is 9.76. The molecule has 0 atom stereocenters. The molecule has 0 aromatic carbocycles. The van der Waals surface area contributed by atoms with Crippen molar-refractivity contribution < 1.29 is 4.79 Å². The molecule has 0 spiro atoms. The van der Waals surface area contributed by atoms with Crippen LogP contribution in [0.1, 0.15) is 55.1 Å². The minimum Gasteiger partial charge on any atom is -0.293 e. The van der Waals surface area contributed by atoms with E-state index in [9.17, 15) is 4.79 Å². The largest absolute Gasteiger partial charge is 0.293 e. The van der Waals surface area contributed by atoms with Crippen LogP contribution in [0, 0.1) is 0 Å². The summed E-state index contributed by atoms with van der Waals surface area (Å²) in [5.41, 5.74) is 0. The summed E-state index contributed by atoms with van der Waals surface area (Å²) >= 11 is 10.4. The van der Waals surface area contributed by atoms with Gasteiger partial charge in [0.15, 0.2) is 5.78 Å². The number of hydrogen-bond donors (Lipinski definition) is 0. The number of halogens is 2. The summed E-state index contributed by atoms with van der Waals surface area (Å²) in [5, 5.41) is 1.16. The molecule has 0 unspecified atom stereocenters. The second kappa shape index (κ2) is 7.34. The first-order valence-electron chi connectivity index (χ1n) is 6.54. The lowest BCUT2D eigenvalue weighted by Gasteiger charge is -1.98. The molecule has 5 heteroatoms. The number of rotatable bonds is 7. The summed E-state index contributed by atoms with van der Waals surface area (Å²) in [6.07, 6.45) is 6.66. The zero-order valence-electron chi connectivity index (χ0n) is 10.8. The summed E-state index contributed by atoms with van der Waals surface area (Å²) in [6.45, 7) is 2.21. The monoisotopic (exact) mass is 422 g/mol. The van der Waals surface area contributed by atoms with Gasteiger partial charge in [-0.1, -0.05) is 32.6 Å². The lowest BCUT2D eigenvalue weighted by molar-refractivity contribution is 0.0983. The van der Waals surface area contributed by atoms with E-state index in [0.717, 1.165) is 24.3 Å². The Hall–Kier alpha value is 0.290. The van der Waals surface area contributed by atoms with Gasteiger partial charge in [-0.2, -0.15) is 0 Å². The van der Waals surface area contributed by atoms with Crippen LogP contribution in [-0.4, -0.2) is 5.78 Å². The maximum atomic E-state index is 12.2. The number of carbonyl (C=O) groups is 1. The number of ketones is 1. The molecule has 0 saturated heterocycles.